The van der Waals surface area contributed by atoms with E-state index in [0.29, 0.717) is 45.0 Å². The molecule has 4 rings (SSSR count). The molecule has 9 heteroatoms. The molecule has 2 fully saturated rings. The Morgan fingerprint density at radius 3 is 2.39 bits per heavy atom. The monoisotopic (exact) mass is 443 g/mol. The number of nitrogens with one attached hydrogen (secondary N) is 1. The van der Waals surface area contributed by atoms with Gasteiger partial charge < -0.3 is 15.0 Å². The minimum atomic E-state index is -3.63. The number of aryl methyl sites for hydroxylation is 1. The molecule has 2 aliphatic rings. The lowest BCUT2D eigenvalue weighted by atomic mass is 9.97. The largest absolute Gasteiger partial charge is 0.379 e. The number of carbonyl (C=O) groups excluding carboxylic acids is 2. The van der Waals surface area contributed by atoms with E-state index in [2.05, 4.69) is 5.32 Å². The van der Waals surface area contributed by atoms with Crippen molar-refractivity contribution in [2.24, 2.45) is 0 Å². The third kappa shape index (κ3) is 4.21. The Bertz CT molecular complexity index is 1080. The second-order valence-corrected chi connectivity index (χ2v) is 9.53. The quantitative estimate of drug-likeness (QED) is 0.769. The zero-order valence-corrected chi connectivity index (χ0v) is 18.1. The minimum absolute atomic E-state index is 0.137. The number of hydrogen-bond acceptors (Lipinski definition) is 5. The van der Waals surface area contributed by atoms with Crippen molar-refractivity contribution >= 4 is 21.8 Å². The van der Waals surface area contributed by atoms with Crippen LogP contribution in [0.3, 0.4) is 0 Å². The molecule has 31 heavy (non-hydrogen) atoms. The summed E-state index contributed by atoms with van der Waals surface area (Å²) in [5.41, 5.74) is 2.04. The highest BCUT2D eigenvalue weighted by molar-refractivity contribution is 7.89. The first-order valence-corrected chi connectivity index (χ1v) is 11.7. The zero-order valence-electron chi connectivity index (χ0n) is 17.3. The molecule has 0 saturated carbocycles. The van der Waals surface area contributed by atoms with E-state index in [1.165, 1.54) is 28.6 Å². The first-order valence-electron chi connectivity index (χ1n) is 10.2. The van der Waals surface area contributed by atoms with Crippen LogP contribution >= 0.6 is 0 Å². The van der Waals surface area contributed by atoms with E-state index in [0.717, 1.165) is 11.1 Å². The highest BCUT2D eigenvalue weighted by atomic mass is 32.2. The van der Waals surface area contributed by atoms with Gasteiger partial charge in [0.1, 0.15) is 6.04 Å². The molecule has 0 aliphatic carbocycles. The molecule has 0 aromatic heterocycles. The lowest BCUT2D eigenvalue weighted by Gasteiger charge is -2.36. The van der Waals surface area contributed by atoms with Crippen molar-refractivity contribution in [2.75, 3.05) is 39.4 Å². The number of nitrogens with zero attached hydrogens (tertiary/aromatic N) is 2. The molecule has 2 heterocycles. The standard InChI is InChI=1S/C22H25N3O5S/c1-16-4-2-3-5-19(16)20-21(26)23-10-11-25(20)22(27)17-6-8-18(9-7-17)31(28,29)24-12-14-30-15-13-24/h2-9,20H,10-15H2,1H3,(H,23,26). The van der Waals surface area contributed by atoms with Gasteiger partial charge in [-0.1, -0.05) is 24.3 Å². The fourth-order valence-corrected chi connectivity index (χ4v) is 5.37. The normalized spacial score (nSPS) is 20.4. The van der Waals surface area contributed by atoms with Crippen LogP contribution in [0.25, 0.3) is 0 Å². The van der Waals surface area contributed by atoms with Gasteiger partial charge in [0.15, 0.2) is 0 Å². The van der Waals surface area contributed by atoms with Gasteiger partial charge in [0.05, 0.1) is 18.1 Å². The van der Waals surface area contributed by atoms with Gasteiger partial charge >= 0.3 is 0 Å². The molecule has 2 aromatic carbocycles. The molecule has 0 radical (unpaired) electrons. The van der Waals surface area contributed by atoms with E-state index >= 15 is 0 Å². The van der Waals surface area contributed by atoms with Crippen LogP contribution in [0.5, 0.6) is 0 Å². The maximum Gasteiger partial charge on any atom is 0.254 e. The van der Waals surface area contributed by atoms with Crippen molar-refractivity contribution in [1.82, 2.24) is 14.5 Å². The molecule has 2 saturated heterocycles. The maximum absolute atomic E-state index is 13.3. The lowest BCUT2D eigenvalue weighted by Crippen LogP contribution is -2.52. The molecule has 0 spiro atoms. The number of morpholine rings is 1. The molecule has 2 amide bonds. The molecule has 8 nitrogen and oxygen atoms in total. The van der Waals surface area contributed by atoms with E-state index in [1.54, 1.807) is 4.90 Å². The molecular weight excluding hydrogens is 418 g/mol. The van der Waals surface area contributed by atoms with E-state index in [9.17, 15) is 18.0 Å². The Morgan fingerprint density at radius 1 is 1.03 bits per heavy atom. The Kier molecular flexibility index (Phi) is 6.08. The Labute approximate surface area is 181 Å². The summed E-state index contributed by atoms with van der Waals surface area (Å²) in [7, 11) is -3.63. The van der Waals surface area contributed by atoms with Crippen molar-refractivity contribution < 1.29 is 22.7 Å². The number of amides is 2. The van der Waals surface area contributed by atoms with Crippen LogP contribution in [-0.4, -0.2) is 68.8 Å². The molecule has 0 bridgehead atoms. The summed E-state index contributed by atoms with van der Waals surface area (Å²) in [5, 5.41) is 2.83. The van der Waals surface area contributed by atoms with Gasteiger partial charge in [0, 0.05) is 31.7 Å². The summed E-state index contributed by atoms with van der Waals surface area (Å²) in [4.78, 5) is 27.6. The van der Waals surface area contributed by atoms with Gasteiger partial charge in [-0.05, 0) is 42.3 Å². The van der Waals surface area contributed by atoms with Crippen molar-refractivity contribution in [3.05, 3.63) is 65.2 Å². The van der Waals surface area contributed by atoms with E-state index in [4.69, 9.17) is 4.74 Å². The predicted molar refractivity (Wildman–Crippen MR) is 114 cm³/mol. The summed E-state index contributed by atoms with van der Waals surface area (Å²) in [6.45, 7) is 4.01. The number of rotatable bonds is 4. The van der Waals surface area contributed by atoms with Crippen molar-refractivity contribution in [2.45, 2.75) is 17.9 Å². The van der Waals surface area contributed by atoms with Gasteiger partial charge in [0.2, 0.25) is 15.9 Å². The van der Waals surface area contributed by atoms with Crippen LogP contribution in [0.15, 0.2) is 53.4 Å². The van der Waals surface area contributed by atoms with Gasteiger partial charge in [0.25, 0.3) is 5.91 Å². The number of sulfonamides is 1. The summed E-state index contributed by atoms with van der Waals surface area (Å²) in [6, 6.07) is 12.7. The Morgan fingerprint density at radius 2 is 1.71 bits per heavy atom. The summed E-state index contributed by atoms with van der Waals surface area (Å²) < 4.78 is 32.2. The first kappa shape index (κ1) is 21.5. The van der Waals surface area contributed by atoms with Gasteiger partial charge in [-0.2, -0.15) is 4.31 Å². The Hall–Kier alpha value is -2.75. The van der Waals surface area contributed by atoms with Gasteiger partial charge in [-0.25, -0.2) is 8.42 Å². The van der Waals surface area contributed by atoms with Crippen LogP contribution in [0.1, 0.15) is 27.5 Å². The van der Waals surface area contributed by atoms with E-state index < -0.39 is 16.1 Å². The van der Waals surface area contributed by atoms with Crippen molar-refractivity contribution in [3.63, 3.8) is 0 Å². The highest BCUT2D eigenvalue weighted by Crippen LogP contribution is 2.28. The maximum atomic E-state index is 13.3. The number of ether oxygens (including phenoxy) is 1. The molecular formula is C22H25N3O5S. The molecule has 1 atom stereocenters. The summed E-state index contributed by atoms with van der Waals surface area (Å²) in [5.74, 6) is -0.529. The molecule has 1 unspecified atom stereocenters. The fourth-order valence-electron chi connectivity index (χ4n) is 3.96. The summed E-state index contributed by atoms with van der Waals surface area (Å²) >= 11 is 0. The second kappa shape index (κ2) is 8.78. The molecule has 2 aliphatic heterocycles. The topological polar surface area (TPSA) is 96.0 Å². The van der Waals surface area contributed by atoms with Crippen LogP contribution < -0.4 is 5.32 Å². The SMILES string of the molecule is Cc1ccccc1C1C(=O)NCCN1C(=O)c1ccc(S(=O)(=O)N2CCOCC2)cc1. The predicted octanol–water partition coefficient (Wildman–Crippen LogP) is 1.33. The van der Waals surface area contributed by atoms with E-state index in [-0.39, 0.29) is 16.7 Å². The number of benzene rings is 2. The third-order valence-electron chi connectivity index (χ3n) is 5.66. The average molecular weight is 444 g/mol. The number of carbonyl (C=O) groups is 2. The van der Waals surface area contributed by atoms with Crippen LogP contribution in [0.4, 0.5) is 0 Å². The van der Waals surface area contributed by atoms with Gasteiger partial charge in [-0.15, -0.1) is 0 Å². The molecule has 2 aromatic rings. The highest BCUT2D eigenvalue weighted by Gasteiger charge is 2.35. The smallest absolute Gasteiger partial charge is 0.254 e. The van der Waals surface area contributed by atoms with Crippen LogP contribution in [0, 0.1) is 6.92 Å². The summed E-state index contributed by atoms with van der Waals surface area (Å²) in [6.07, 6.45) is 0. The van der Waals surface area contributed by atoms with E-state index in [1.807, 2.05) is 31.2 Å². The third-order valence-corrected chi connectivity index (χ3v) is 7.58. The van der Waals surface area contributed by atoms with Crippen LogP contribution in [0.2, 0.25) is 0 Å². The molecule has 164 valence electrons. The number of piperazine rings is 1. The number of hydrogen-bond donors (Lipinski definition) is 1. The first-order chi connectivity index (χ1) is 14.9. The fraction of sp³-hybridized carbons (Fsp3) is 0.364. The van der Waals surface area contributed by atoms with Crippen molar-refractivity contribution in [3.8, 4) is 0 Å². The Balaban J connectivity index is 1.59. The average Bonchev–Trinajstić information content (AvgIpc) is 2.80. The van der Waals surface area contributed by atoms with Crippen LogP contribution in [-0.2, 0) is 19.6 Å². The zero-order chi connectivity index (χ0) is 22.0. The second-order valence-electron chi connectivity index (χ2n) is 7.59. The minimum Gasteiger partial charge on any atom is -0.379 e. The lowest BCUT2D eigenvalue weighted by molar-refractivity contribution is -0.128. The van der Waals surface area contributed by atoms with Gasteiger partial charge in [-0.3, -0.25) is 9.59 Å². The molecule has 1 N–H and O–H groups in total. The van der Waals surface area contributed by atoms with Crippen molar-refractivity contribution in [1.29, 1.82) is 0 Å².